The van der Waals surface area contributed by atoms with Gasteiger partial charge < -0.3 is 4.98 Å². The fourth-order valence-corrected chi connectivity index (χ4v) is 4.59. The number of nitrogens with one attached hydrogen (secondary N) is 3. The van der Waals surface area contributed by atoms with Crippen molar-refractivity contribution in [2.75, 3.05) is 11.9 Å². The van der Waals surface area contributed by atoms with E-state index < -0.39 is 10.0 Å². The zero-order chi connectivity index (χ0) is 23.4. The molecule has 4 rings (SSSR count). The van der Waals surface area contributed by atoms with Gasteiger partial charge in [0.05, 0.1) is 4.90 Å². The minimum atomic E-state index is -3.85. The van der Waals surface area contributed by atoms with Crippen LogP contribution < -0.4 is 10.0 Å². The van der Waals surface area contributed by atoms with Gasteiger partial charge >= 0.3 is 0 Å². The molecule has 0 aliphatic rings. The van der Waals surface area contributed by atoms with E-state index in [0.717, 1.165) is 27.9 Å². The van der Waals surface area contributed by atoms with E-state index in [1.165, 1.54) is 12.1 Å². The van der Waals surface area contributed by atoms with Crippen molar-refractivity contribution < 1.29 is 8.42 Å². The van der Waals surface area contributed by atoms with Gasteiger partial charge in [0.25, 0.3) is 10.0 Å². The summed E-state index contributed by atoms with van der Waals surface area (Å²) in [6.45, 7) is 4.00. The Bertz CT molecular complexity index is 1400. The highest BCUT2D eigenvalue weighted by Gasteiger charge is 2.17. The Kier molecular flexibility index (Phi) is 6.62. The summed E-state index contributed by atoms with van der Waals surface area (Å²) in [7, 11) is -3.85. The van der Waals surface area contributed by atoms with Crippen LogP contribution >= 0.6 is 11.6 Å². The summed E-state index contributed by atoms with van der Waals surface area (Å²) in [5, 5.41) is 4.58. The molecule has 0 aliphatic carbocycles. The second-order valence-corrected chi connectivity index (χ2v) is 9.62. The Morgan fingerprint density at radius 2 is 1.79 bits per heavy atom. The van der Waals surface area contributed by atoms with Crippen LogP contribution in [-0.2, 0) is 16.4 Å². The highest BCUT2D eigenvalue weighted by Crippen LogP contribution is 2.22. The first-order valence-corrected chi connectivity index (χ1v) is 12.1. The topological polar surface area (TPSA) is 112 Å². The van der Waals surface area contributed by atoms with Crippen molar-refractivity contribution in [2.24, 2.45) is 4.99 Å². The predicted octanol–water partition coefficient (Wildman–Crippen LogP) is 4.22. The van der Waals surface area contributed by atoms with Crippen molar-refractivity contribution in [3.63, 3.8) is 0 Å². The van der Waals surface area contributed by atoms with Crippen molar-refractivity contribution in [2.45, 2.75) is 25.2 Å². The molecule has 10 heteroatoms. The number of nitrogens with zero attached hydrogens (tertiary/aromatic N) is 3. The van der Waals surface area contributed by atoms with Gasteiger partial charge in [-0.25, -0.2) is 23.1 Å². The predicted molar refractivity (Wildman–Crippen MR) is 131 cm³/mol. The maximum Gasteiger partial charge on any atom is 0.264 e. The molecule has 2 heterocycles. The third kappa shape index (κ3) is 5.68. The highest BCUT2D eigenvalue weighted by molar-refractivity contribution is 7.90. The number of aromatic nitrogens is 3. The van der Waals surface area contributed by atoms with Crippen molar-refractivity contribution >= 4 is 44.4 Å². The number of fused-ring (bicyclic) bond motifs is 1. The molecule has 4 aromatic rings. The first kappa shape index (κ1) is 22.8. The minimum absolute atomic E-state index is 0.0433. The number of aliphatic imine (C=N–C) groups is 1. The van der Waals surface area contributed by atoms with E-state index >= 15 is 0 Å². The van der Waals surface area contributed by atoms with Crippen LogP contribution in [-0.4, -0.2) is 35.9 Å². The molecule has 0 bridgehead atoms. The number of guanidine groups is 1. The monoisotopic (exact) mass is 482 g/mol. The molecule has 0 saturated heterocycles. The molecule has 2 aromatic carbocycles. The zero-order valence-electron chi connectivity index (χ0n) is 18.1. The van der Waals surface area contributed by atoms with Crippen molar-refractivity contribution in [3.8, 4) is 0 Å². The molecule has 0 saturated carbocycles. The van der Waals surface area contributed by atoms with Gasteiger partial charge in [-0.2, -0.15) is 0 Å². The van der Waals surface area contributed by atoms with Crippen LogP contribution in [0.25, 0.3) is 10.9 Å². The molecule has 0 atom stereocenters. The molecule has 0 aliphatic heterocycles. The third-order valence-electron chi connectivity index (χ3n) is 4.88. The SMILES string of the molecule is Cc1cc(C)nc(NC(=NCCc2c[nH]c3ccc(Cl)cc23)NS(=O)(=O)c2ccccc2)n1. The van der Waals surface area contributed by atoms with E-state index in [2.05, 4.69) is 30.0 Å². The summed E-state index contributed by atoms with van der Waals surface area (Å²) in [6.07, 6.45) is 2.48. The first-order chi connectivity index (χ1) is 15.8. The molecule has 2 aromatic heterocycles. The van der Waals surface area contributed by atoms with E-state index in [0.29, 0.717) is 18.0 Å². The van der Waals surface area contributed by atoms with Crippen molar-refractivity contribution in [3.05, 3.63) is 82.8 Å². The third-order valence-corrected chi connectivity index (χ3v) is 6.47. The molecule has 0 unspecified atom stereocenters. The van der Waals surface area contributed by atoms with E-state index in [1.54, 1.807) is 18.2 Å². The number of benzene rings is 2. The van der Waals surface area contributed by atoms with Crippen LogP contribution in [0, 0.1) is 13.8 Å². The van der Waals surface area contributed by atoms with Gasteiger partial charge in [0.15, 0.2) is 0 Å². The van der Waals surface area contributed by atoms with Crippen LogP contribution in [0.4, 0.5) is 5.95 Å². The Labute approximate surface area is 197 Å². The number of rotatable bonds is 6. The summed E-state index contributed by atoms with van der Waals surface area (Å²) in [5.74, 6) is 0.308. The quantitative estimate of drug-likeness (QED) is 0.281. The molecule has 170 valence electrons. The summed E-state index contributed by atoms with van der Waals surface area (Å²) in [4.78, 5) is 16.5. The smallest absolute Gasteiger partial charge is 0.264 e. The standard InChI is InChI=1S/C23H23ClN6O2S/c1-15-12-16(2)28-23(27-15)29-22(30-33(31,32)19-6-4-3-5-7-19)25-11-10-17-14-26-21-9-8-18(24)13-20(17)21/h3-9,12-14,26H,10-11H2,1-2H3,(H2,25,27,28,29,30). The fourth-order valence-electron chi connectivity index (χ4n) is 3.42. The van der Waals surface area contributed by atoms with Gasteiger partial charge in [-0.15, -0.1) is 0 Å². The van der Waals surface area contributed by atoms with Crippen LogP contribution in [0.1, 0.15) is 17.0 Å². The van der Waals surface area contributed by atoms with Crippen molar-refractivity contribution in [1.82, 2.24) is 19.7 Å². The van der Waals surface area contributed by atoms with E-state index in [9.17, 15) is 8.42 Å². The van der Waals surface area contributed by atoms with Crippen molar-refractivity contribution in [1.29, 1.82) is 0 Å². The number of hydrogen-bond acceptors (Lipinski definition) is 5. The lowest BCUT2D eigenvalue weighted by Gasteiger charge is -2.13. The number of halogens is 1. The highest BCUT2D eigenvalue weighted by atomic mass is 35.5. The van der Waals surface area contributed by atoms with Gasteiger partial charge in [-0.3, -0.25) is 10.3 Å². The molecule has 8 nitrogen and oxygen atoms in total. The summed E-state index contributed by atoms with van der Waals surface area (Å²) in [5.41, 5.74) is 3.52. The normalized spacial score (nSPS) is 12.2. The van der Waals surface area contributed by atoms with Crippen LogP contribution in [0.2, 0.25) is 5.02 Å². The van der Waals surface area contributed by atoms with E-state index in [-0.39, 0.29) is 16.8 Å². The number of hydrogen-bond donors (Lipinski definition) is 3. The molecule has 0 radical (unpaired) electrons. The molecule has 33 heavy (non-hydrogen) atoms. The van der Waals surface area contributed by atoms with Gasteiger partial charge in [0, 0.05) is 40.1 Å². The largest absolute Gasteiger partial charge is 0.361 e. The number of H-pyrrole nitrogens is 1. The summed E-state index contributed by atoms with van der Waals surface area (Å²) >= 11 is 6.14. The molecule has 0 fully saturated rings. The Morgan fingerprint density at radius 1 is 1.06 bits per heavy atom. The summed E-state index contributed by atoms with van der Waals surface area (Å²) in [6, 6.07) is 15.6. The molecular weight excluding hydrogens is 460 g/mol. The Balaban J connectivity index is 1.59. The zero-order valence-corrected chi connectivity index (χ0v) is 19.7. The molecule has 3 N–H and O–H groups in total. The second kappa shape index (κ2) is 9.60. The van der Waals surface area contributed by atoms with Gasteiger partial charge in [0.1, 0.15) is 0 Å². The summed E-state index contributed by atoms with van der Waals surface area (Å²) < 4.78 is 28.3. The maximum atomic E-state index is 12.9. The number of aromatic amines is 1. The van der Waals surface area contributed by atoms with E-state index in [1.807, 2.05) is 44.3 Å². The van der Waals surface area contributed by atoms with Gasteiger partial charge in [-0.05, 0) is 62.2 Å². The minimum Gasteiger partial charge on any atom is -0.361 e. The molecule has 0 spiro atoms. The first-order valence-electron chi connectivity index (χ1n) is 10.3. The molecular formula is C23H23ClN6O2S. The fraction of sp³-hybridized carbons (Fsp3) is 0.174. The second-order valence-electron chi connectivity index (χ2n) is 7.50. The lowest BCUT2D eigenvalue weighted by Crippen LogP contribution is -2.36. The lowest BCUT2D eigenvalue weighted by molar-refractivity contribution is 0.592. The number of aryl methyl sites for hydroxylation is 2. The average molecular weight is 483 g/mol. The Morgan fingerprint density at radius 3 is 2.52 bits per heavy atom. The lowest BCUT2D eigenvalue weighted by atomic mass is 10.1. The average Bonchev–Trinajstić information content (AvgIpc) is 3.15. The Hall–Kier alpha value is -3.43. The molecule has 0 amide bonds. The van der Waals surface area contributed by atoms with Crippen LogP contribution in [0.5, 0.6) is 0 Å². The number of sulfonamides is 1. The maximum absolute atomic E-state index is 12.9. The van der Waals surface area contributed by atoms with Gasteiger partial charge in [0.2, 0.25) is 11.9 Å². The van der Waals surface area contributed by atoms with E-state index in [4.69, 9.17) is 11.6 Å². The van der Waals surface area contributed by atoms with Gasteiger partial charge in [-0.1, -0.05) is 29.8 Å². The number of anilines is 1. The van der Waals surface area contributed by atoms with Crippen LogP contribution in [0.3, 0.4) is 0 Å². The van der Waals surface area contributed by atoms with Crippen LogP contribution in [0.15, 0.2) is 70.7 Å².